The van der Waals surface area contributed by atoms with Crippen LogP contribution in [0.3, 0.4) is 0 Å². The van der Waals surface area contributed by atoms with Crippen LogP contribution in [-0.2, 0) is 18.4 Å². The van der Waals surface area contributed by atoms with Gasteiger partial charge in [-0.25, -0.2) is 4.57 Å². The van der Waals surface area contributed by atoms with Crippen LogP contribution >= 0.6 is 7.82 Å². The van der Waals surface area contributed by atoms with Crippen LogP contribution < -0.4 is 15.6 Å². The first-order valence-electron chi connectivity index (χ1n) is 10.7. The van der Waals surface area contributed by atoms with Crippen molar-refractivity contribution in [2.45, 2.75) is 57.3 Å². The van der Waals surface area contributed by atoms with Gasteiger partial charge in [0.2, 0.25) is 0 Å². The Morgan fingerprint density at radius 2 is 1.66 bits per heavy atom. The molecule has 0 aliphatic rings. The summed E-state index contributed by atoms with van der Waals surface area (Å²) in [4.78, 5) is 20.9. The van der Waals surface area contributed by atoms with Crippen LogP contribution in [0, 0.1) is 0 Å². The lowest BCUT2D eigenvalue weighted by molar-refractivity contribution is -0.973. The maximum absolute atomic E-state index is 12.4. The van der Waals surface area contributed by atoms with Crippen molar-refractivity contribution in [3.8, 4) is 5.75 Å². The fourth-order valence-electron chi connectivity index (χ4n) is 2.95. The van der Waals surface area contributed by atoms with Crippen molar-refractivity contribution in [1.29, 1.82) is 0 Å². The number of benzene rings is 1. The van der Waals surface area contributed by atoms with Gasteiger partial charge >= 0.3 is 13.8 Å². The van der Waals surface area contributed by atoms with E-state index in [-0.39, 0.29) is 11.1 Å². The summed E-state index contributed by atoms with van der Waals surface area (Å²) in [6, 6.07) is 7.36. The minimum Gasteiger partial charge on any atom is -0.804 e. The Labute approximate surface area is 190 Å². The van der Waals surface area contributed by atoms with Crippen LogP contribution in [-0.4, -0.2) is 67.1 Å². The van der Waals surface area contributed by atoms with Crippen LogP contribution in [0.1, 0.15) is 44.9 Å². The first kappa shape index (κ1) is 28.4. The number of para-hydroxylation sites is 2. The first-order chi connectivity index (χ1) is 14.9. The predicted octanol–water partition coefficient (Wildman–Crippen LogP) is 2.36. The number of unbranched alkanes of at least 4 members (excludes halogenated alkanes) is 5. The second kappa shape index (κ2) is 13.8. The summed E-state index contributed by atoms with van der Waals surface area (Å²) in [6.07, 6.45) is 1.42. The average molecular weight is 477 g/mol. The molecular weight excluding hydrogens is 439 g/mol. The number of nitrogens with zero attached hydrogens (tertiary/aromatic N) is 1. The van der Waals surface area contributed by atoms with Crippen LogP contribution in [0.5, 0.6) is 5.75 Å². The number of anilines is 1. The number of nitrogen functional groups attached to an aromatic ring is 1. The van der Waals surface area contributed by atoms with Crippen LogP contribution in [0.25, 0.3) is 0 Å². The number of quaternary nitrogens is 1. The Hall–Kier alpha value is -1.68. The van der Waals surface area contributed by atoms with E-state index in [1.807, 2.05) is 18.2 Å². The molecule has 32 heavy (non-hydrogen) atoms. The Balaban J connectivity index is 2.20. The number of carboxylic acid groups (broad SMARTS) is 1. The summed E-state index contributed by atoms with van der Waals surface area (Å²) in [7, 11) is 0.141. The monoisotopic (exact) mass is 476 g/mol. The Morgan fingerprint density at radius 3 is 2.22 bits per heavy atom. The highest BCUT2D eigenvalue weighted by atomic mass is 31.2. The number of ether oxygens (including phenoxy) is 1. The molecule has 1 aromatic rings. The van der Waals surface area contributed by atoms with E-state index in [9.17, 15) is 19.4 Å². The normalized spacial score (nSPS) is 15.7. The standard InChI is InChI=1S/C21H37N2O8P/c1-23(2,3)21(26)19(16-20(24)25)31-32(27,28)30-15-11-7-5-4-6-10-14-29-18-13-9-8-12-17(18)22/h8-9,12-13,19,21H,4-7,10-11,14-16,22H2,1-3H3,(H,24,25)(H,27,28)/t19-,21?/m1/s1. The Bertz CT molecular complexity index is 741. The summed E-state index contributed by atoms with van der Waals surface area (Å²) >= 11 is 0. The molecule has 184 valence electrons. The van der Waals surface area contributed by atoms with Gasteiger partial charge in [-0.3, -0.25) is 13.8 Å². The summed E-state index contributed by atoms with van der Waals surface area (Å²) in [5, 5.41) is 21.3. The van der Waals surface area contributed by atoms with Gasteiger partial charge in [-0.1, -0.05) is 37.8 Å². The van der Waals surface area contributed by atoms with E-state index in [1.165, 1.54) is 0 Å². The number of rotatable bonds is 17. The Kier molecular flexibility index (Phi) is 12.2. The molecule has 10 nitrogen and oxygen atoms in total. The molecule has 0 bridgehead atoms. The quantitative estimate of drug-likeness (QED) is 0.101. The van der Waals surface area contributed by atoms with Gasteiger partial charge < -0.3 is 30.1 Å². The average Bonchev–Trinajstić information content (AvgIpc) is 2.68. The number of hydrogen-bond donors (Lipinski definition) is 3. The highest BCUT2D eigenvalue weighted by Gasteiger charge is 2.34. The zero-order chi connectivity index (χ0) is 24.2. The number of nitrogens with two attached hydrogens (primary N) is 1. The number of hydrogen-bond acceptors (Lipinski definition) is 7. The maximum atomic E-state index is 12.4. The topological polar surface area (TPSA) is 151 Å². The summed E-state index contributed by atoms with van der Waals surface area (Å²) in [6.45, 7) is 0.575. The minimum atomic E-state index is -4.53. The maximum Gasteiger partial charge on any atom is 0.472 e. The summed E-state index contributed by atoms with van der Waals surface area (Å²) < 4.78 is 27.4. The summed E-state index contributed by atoms with van der Waals surface area (Å²) in [5.41, 5.74) is 6.44. The molecule has 11 heteroatoms. The van der Waals surface area contributed by atoms with E-state index in [4.69, 9.17) is 24.6 Å². The largest absolute Gasteiger partial charge is 0.804 e. The highest BCUT2D eigenvalue weighted by molar-refractivity contribution is 7.47. The highest BCUT2D eigenvalue weighted by Crippen LogP contribution is 2.45. The number of phosphoric ester groups is 1. The van der Waals surface area contributed by atoms with E-state index < -0.39 is 32.5 Å². The van der Waals surface area contributed by atoms with Gasteiger partial charge in [0.25, 0.3) is 0 Å². The fourth-order valence-corrected chi connectivity index (χ4v) is 3.89. The second-order valence-electron chi connectivity index (χ2n) is 8.56. The molecule has 3 atom stereocenters. The molecule has 0 saturated heterocycles. The molecule has 0 aliphatic heterocycles. The molecule has 0 amide bonds. The first-order valence-corrected chi connectivity index (χ1v) is 12.2. The molecule has 1 rings (SSSR count). The molecule has 0 aromatic heterocycles. The van der Waals surface area contributed by atoms with Crippen LogP contribution in [0.2, 0.25) is 0 Å². The molecular formula is C21H37N2O8P. The van der Waals surface area contributed by atoms with Crippen molar-refractivity contribution >= 4 is 19.5 Å². The molecule has 0 aliphatic carbocycles. The third-order valence-electron chi connectivity index (χ3n) is 4.70. The number of likely N-dealkylation sites (N-methyl/N-ethyl adjacent to an activating group) is 1. The van der Waals surface area contributed by atoms with E-state index in [2.05, 4.69) is 0 Å². The van der Waals surface area contributed by atoms with Gasteiger partial charge in [0, 0.05) is 6.23 Å². The lowest BCUT2D eigenvalue weighted by atomic mass is 10.1. The van der Waals surface area contributed by atoms with Crippen LogP contribution in [0.15, 0.2) is 24.3 Å². The molecule has 0 radical (unpaired) electrons. The zero-order valence-electron chi connectivity index (χ0n) is 19.1. The predicted molar refractivity (Wildman–Crippen MR) is 119 cm³/mol. The molecule has 0 saturated carbocycles. The smallest absolute Gasteiger partial charge is 0.472 e. The van der Waals surface area contributed by atoms with Crippen molar-refractivity contribution in [2.24, 2.45) is 0 Å². The summed E-state index contributed by atoms with van der Waals surface area (Å²) in [5.74, 6) is -0.599. The van der Waals surface area contributed by atoms with Gasteiger partial charge in [0.05, 0.1) is 46.5 Å². The number of aliphatic carboxylic acids is 1. The van der Waals surface area contributed by atoms with Crippen molar-refractivity contribution in [1.82, 2.24) is 0 Å². The van der Waals surface area contributed by atoms with Gasteiger partial charge in [-0.15, -0.1) is 0 Å². The lowest BCUT2D eigenvalue weighted by Crippen LogP contribution is -2.60. The minimum absolute atomic E-state index is 0.0160. The van der Waals surface area contributed by atoms with Crippen molar-refractivity contribution in [2.75, 3.05) is 40.1 Å². The molecule has 4 N–H and O–H groups in total. The molecule has 0 fully saturated rings. The molecule has 0 heterocycles. The van der Waals surface area contributed by atoms with Crippen molar-refractivity contribution in [3.63, 3.8) is 0 Å². The molecule has 2 unspecified atom stereocenters. The number of carboxylic acids is 1. The van der Waals surface area contributed by atoms with Gasteiger partial charge in [-0.05, 0) is 25.0 Å². The van der Waals surface area contributed by atoms with E-state index in [1.54, 1.807) is 27.2 Å². The number of carbonyl (C=O) groups is 1. The van der Waals surface area contributed by atoms with Gasteiger partial charge in [-0.2, -0.15) is 0 Å². The number of phosphoric acid groups is 1. The van der Waals surface area contributed by atoms with E-state index in [0.29, 0.717) is 24.5 Å². The Morgan fingerprint density at radius 1 is 1.09 bits per heavy atom. The third-order valence-corrected chi connectivity index (χ3v) is 5.74. The van der Waals surface area contributed by atoms with Gasteiger partial charge in [0.15, 0.2) is 0 Å². The van der Waals surface area contributed by atoms with Crippen molar-refractivity contribution < 1.29 is 42.7 Å². The van der Waals surface area contributed by atoms with Crippen molar-refractivity contribution in [3.05, 3.63) is 24.3 Å². The molecule has 0 spiro atoms. The molecule has 1 aromatic carbocycles. The lowest BCUT2D eigenvalue weighted by Gasteiger charge is -2.42. The second-order valence-corrected chi connectivity index (χ2v) is 9.96. The zero-order valence-corrected chi connectivity index (χ0v) is 20.0. The fraction of sp³-hybridized carbons (Fsp3) is 0.667. The van der Waals surface area contributed by atoms with E-state index >= 15 is 0 Å². The van der Waals surface area contributed by atoms with E-state index in [0.717, 1.165) is 32.1 Å². The van der Waals surface area contributed by atoms with Gasteiger partial charge in [0.1, 0.15) is 11.9 Å². The SMILES string of the molecule is C[N+](C)(C)C([O-])[C@@H](CC(=O)O)OP(=O)(O)OCCCCCCCCOc1ccccc1N. The van der Waals surface area contributed by atoms with Crippen LogP contribution in [0.4, 0.5) is 5.69 Å². The third kappa shape index (κ3) is 11.8.